The molecule has 0 aliphatic heterocycles. The Labute approximate surface area is 86.0 Å². The molecule has 4 nitrogen and oxygen atoms in total. The Bertz CT molecular complexity index is 271. The Balaban J connectivity index is 2.13. The Morgan fingerprint density at radius 2 is 2.23 bits per heavy atom. The second-order valence-corrected chi connectivity index (χ2v) is 4.62. The highest BCUT2D eigenvalue weighted by Crippen LogP contribution is 2.31. The number of rotatable bonds is 3. The van der Waals surface area contributed by atoms with Crippen LogP contribution in [0.1, 0.15) is 31.7 Å². The molecule has 0 N–H and O–H groups in total. The van der Waals surface area contributed by atoms with E-state index in [0.29, 0.717) is 11.3 Å². The van der Waals surface area contributed by atoms with Crippen LogP contribution in [-0.4, -0.2) is 25.4 Å². The standard InChI is InChI=1S/C7H11ClN4S/c8-5-13-7-9-10-11-12(7)6-3-1-2-4-6/h6H,1-5H2. The van der Waals surface area contributed by atoms with Gasteiger partial charge in [-0.05, 0) is 23.3 Å². The maximum Gasteiger partial charge on any atom is 0.210 e. The fourth-order valence-corrected chi connectivity index (χ4v) is 2.51. The number of nitrogens with zero attached hydrogens (tertiary/aromatic N) is 4. The van der Waals surface area contributed by atoms with E-state index in [0.717, 1.165) is 5.16 Å². The number of hydrogen-bond donors (Lipinski definition) is 0. The predicted molar refractivity (Wildman–Crippen MR) is 51.9 cm³/mol. The normalized spacial score (nSPS) is 18.2. The lowest BCUT2D eigenvalue weighted by atomic mass is 10.3. The second-order valence-electron chi connectivity index (χ2n) is 3.10. The van der Waals surface area contributed by atoms with Crippen molar-refractivity contribution < 1.29 is 0 Å². The minimum absolute atomic E-state index is 0.501. The third-order valence-electron chi connectivity index (χ3n) is 2.32. The van der Waals surface area contributed by atoms with Crippen molar-refractivity contribution in [1.82, 2.24) is 20.2 Å². The molecule has 1 fully saturated rings. The molecule has 13 heavy (non-hydrogen) atoms. The van der Waals surface area contributed by atoms with Gasteiger partial charge in [-0.25, -0.2) is 4.68 Å². The number of hydrogen-bond acceptors (Lipinski definition) is 4. The van der Waals surface area contributed by atoms with Gasteiger partial charge in [0.15, 0.2) is 0 Å². The van der Waals surface area contributed by atoms with Crippen molar-refractivity contribution in [3.05, 3.63) is 0 Å². The van der Waals surface area contributed by atoms with E-state index in [-0.39, 0.29) is 0 Å². The molecule has 0 aromatic carbocycles. The molecular weight excluding hydrogens is 208 g/mol. The maximum atomic E-state index is 5.63. The predicted octanol–water partition coefficient (Wildman–Crippen LogP) is 2.08. The molecule has 0 saturated heterocycles. The van der Waals surface area contributed by atoms with Crippen LogP contribution in [0, 0.1) is 0 Å². The number of aromatic nitrogens is 4. The van der Waals surface area contributed by atoms with Gasteiger partial charge in [0.25, 0.3) is 0 Å². The van der Waals surface area contributed by atoms with Gasteiger partial charge in [-0.3, -0.25) is 0 Å². The van der Waals surface area contributed by atoms with Gasteiger partial charge in [0.05, 0.1) is 11.3 Å². The minimum atomic E-state index is 0.501. The van der Waals surface area contributed by atoms with Crippen LogP contribution in [-0.2, 0) is 0 Å². The van der Waals surface area contributed by atoms with Crippen LogP contribution < -0.4 is 0 Å². The molecule has 1 saturated carbocycles. The summed E-state index contributed by atoms with van der Waals surface area (Å²) in [5.41, 5.74) is 0. The van der Waals surface area contributed by atoms with Crippen molar-refractivity contribution in [2.24, 2.45) is 0 Å². The first-order valence-corrected chi connectivity index (χ1v) is 5.90. The molecule has 1 heterocycles. The molecule has 0 radical (unpaired) electrons. The SMILES string of the molecule is ClCSc1nnnn1C1CCCC1. The lowest BCUT2D eigenvalue weighted by Gasteiger charge is -2.09. The number of thioether (sulfide) groups is 1. The molecule has 2 rings (SSSR count). The molecule has 6 heteroatoms. The van der Waals surface area contributed by atoms with Crippen molar-refractivity contribution in [3.63, 3.8) is 0 Å². The second kappa shape index (κ2) is 4.28. The molecule has 0 spiro atoms. The summed E-state index contributed by atoms with van der Waals surface area (Å²) in [5.74, 6) is 0. The van der Waals surface area contributed by atoms with Gasteiger partial charge < -0.3 is 0 Å². The number of tetrazole rings is 1. The molecule has 1 aliphatic carbocycles. The summed E-state index contributed by atoms with van der Waals surface area (Å²) in [6.07, 6.45) is 4.97. The molecule has 1 aliphatic rings. The van der Waals surface area contributed by atoms with Crippen molar-refractivity contribution in [2.45, 2.75) is 36.9 Å². The highest BCUT2D eigenvalue weighted by atomic mass is 35.5. The van der Waals surface area contributed by atoms with Crippen molar-refractivity contribution >= 4 is 23.4 Å². The Morgan fingerprint density at radius 1 is 1.46 bits per heavy atom. The molecule has 0 amide bonds. The molecule has 0 unspecified atom stereocenters. The van der Waals surface area contributed by atoms with Gasteiger partial charge in [0.2, 0.25) is 5.16 Å². The first-order chi connectivity index (χ1) is 6.42. The van der Waals surface area contributed by atoms with E-state index in [1.54, 1.807) is 0 Å². The smallest absolute Gasteiger partial charge is 0.210 e. The van der Waals surface area contributed by atoms with Crippen molar-refractivity contribution in [3.8, 4) is 0 Å². The lowest BCUT2D eigenvalue weighted by Crippen LogP contribution is -2.08. The van der Waals surface area contributed by atoms with Gasteiger partial charge in [-0.2, -0.15) is 0 Å². The number of alkyl halides is 1. The topological polar surface area (TPSA) is 43.6 Å². The molecule has 1 aromatic rings. The zero-order valence-electron chi connectivity index (χ0n) is 7.19. The molecule has 1 aromatic heterocycles. The summed E-state index contributed by atoms with van der Waals surface area (Å²) in [6.45, 7) is 0. The monoisotopic (exact) mass is 218 g/mol. The lowest BCUT2D eigenvalue weighted by molar-refractivity contribution is 0.423. The van der Waals surface area contributed by atoms with E-state index in [4.69, 9.17) is 11.6 Å². The van der Waals surface area contributed by atoms with Crippen LogP contribution in [0.25, 0.3) is 0 Å². The van der Waals surface area contributed by atoms with Gasteiger partial charge in [-0.15, -0.1) is 16.7 Å². The zero-order chi connectivity index (χ0) is 9.10. The third-order valence-corrected chi connectivity index (χ3v) is 3.28. The van der Waals surface area contributed by atoms with Crippen LogP contribution in [0.15, 0.2) is 5.16 Å². The largest absolute Gasteiger partial charge is 0.217 e. The van der Waals surface area contributed by atoms with Crippen LogP contribution in [0.3, 0.4) is 0 Å². The van der Waals surface area contributed by atoms with Crippen LogP contribution in [0.5, 0.6) is 0 Å². The van der Waals surface area contributed by atoms with Crippen LogP contribution in [0.4, 0.5) is 0 Å². The van der Waals surface area contributed by atoms with Gasteiger partial charge >= 0.3 is 0 Å². The number of halogens is 1. The summed E-state index contributed by atoms with van der Waals surface area (Å²) in [5, 5.41) is 12.9. The summed E-state index contributed by atoms with van der Waals surface area (Å²) in [4.78, 5) is 0. The average molecular weight is 219 g/mol. The van der Waals surface area contributed by atoms with Gasteiger partial charge in [0.1, 0.15) is 0 Å². The molecular formula is C7H11ClN4S. The highest BCUT2D eigenvalue weighted by Gasteiger charge is 2.21. The van der Waals surface area contributed by atoms with E-state index in [1.807, 2.05) is 4.68 Å². The fraction of sp³-hybridized carbons (Fsp3) is 0.857. The first-order valence-electron chi connectivity index (χ1n) is 4.38. The average Bonchev–Trinajstić information content (AvgIpc) is 2.71. The molecule has 0 atom stereocenters. The highest BCUT2D eigenvalue weighted by molar-refractivity contribution is 8.00. The fourth-order valence-electron chi connectivity index (χ4n) is 1.71. The summed E-state index contributed by atoms with van der Waals surface area (Å²) >= 11 is 7.11. The third kappa shape index (κ3) is 1.96. The molecule has 0 bridgehead atoms. The van der Waals surface area contributed by atoms with Crippen LogP contribution >= 0.6 is 23.4 Å². The van der Waals surface area contributed by atoms with Crippen molar-refractivity contribution in [2.75, 3.05) is 5.21 Å². The quantitative estimate of drug-likeness (QED) is 0.576. The summed E-state index contributed by atoms with van der Waals surface area (Å²) < 4.78 is 1.92. The maximum absolute atomic E-state index is 5.63. The molecule has 72 valence electrons. The van der Waals surface area contributed by atoms with Crippen LogP contribution in [0.2, 0.25) is 0 Å². The zero-order valence-corrected chi connectivity index (χ0v) is 8.76. The summed E-state index contributed by atoms with van der Waals surface area (Å²) in [6, 6.07) is 0.501. The van der Waals surface area contributed by atoms with E-state index in [1.165, 1.54) is 37.4 Å². The van der Waals surface area contributed by atoms with E-state index >= 15 is 0 Å². The Kier molecular flexibility index (Phi) is 3.05. The Hall–Kier alpha value is -0.290. The van der Waals surface area contributed by atoms with E-state index in [2.05, 4.69) is 15.5 Å². The van der Waals surface area contributed by atoms with E-state index < -0.39 is 0 Å². The van der Waals surface area contributed by atoms with Gasteiger partial charge in [-0.1, -0.05) is 24.6 Å². The van der Waals surface area contributed by atoms with Crippen molar-refractivity contribution in [1.29, 1.82) is 0 Å². The summed E-state index contributed by atoms with van der Waals surface area (Å²) in [7, 11) is 0. The first kappa shape index (κ1) is 9.27. The van der Waals surface area contributed by atoms with Gasteiger partial charge in [0, 0.05) is 0 Å². The van der Waals surface area contributed by atoms with E-state index in [9.17, 15) is 0 Å². The minimum Gasteiger partial charge on any atom is -0.217 e. The Morgan fingerprint density at radius 3 is 2.92 bits per heavy atom.